The molecule has 0 saturated carbocycles. The first-order chi connectivity index (χ1) is 4.33. The Bertz CT molecular complexity index is 81.1. The second kappa shape index (κ2) is 3.93. The van der Waals surface area contributed by atoms with Crippen LogP contribution in [0.4, 0.5) is 0 Å². The average Bonchev–Trinajstić information content (AvgIpc) is 1.90. The topological polar surface area (TPSA) is 26.0 Å². The first-order valence-corrected chi connectivity index (χ1v) is 7.62. The monoisotopic (exact) mass is 255 g/mol. The third-order valence-electron chi connectivity index (χ3n) is 2.11. The zero-order valence-electron chi connectivity index (χ0n) is 5.65. The minimum atomic E-state index is -0.237. The summed E-state index contributed by atoms with van der Waals surface area (Å²) in [6, 6.07) is 3.56. The van der Waals surface area contributed by atoms with Crippen molar-refractivity contribution in [3.8, 4) is 0 Å². The van der Waals surface area contributed by atoms with Gasteiger partial charge in [0.05, 0.1) is 0 Å². The van der Waals surface area contributed by atoms with Gasteiger partial charge < -0.3 is 5.73 Å². The Morgan fingerprint density at radius 1 is 1.44 bits per heavy atom. The molecule has 0 aromatic rings. The van der Waals surface area contributed by atoms with Gasteiger partial charge in [-0.1, -0.05) is 34.7 Å². The van der Waals surface area contributed by atoms with Gasteiger partial charge in [-0.3, -0.25) is 0 Å². The number of alkyl halides is 1. The molecule has 0 aromatic heterocycles. The fourth-order valence-electron chi connectivity index (χ4n) is 1.34. The van der Waals surface area contributed by atoms with E-state index in [9.17, 15) is 0 Å². The van der Waals surface area contributed by atoms with E-state index >= 15 is 0 Å². The van der Waals surface area contributed by atoms with Gasteiger partial charge in [-0.25, -0.2) is 0 Å². The van der Waals surface area contributed by atoms with Crippen molar-refractivity contribution in [2.45, 2.75) is 31.0 Å². The Hall–Kier alpha value is 0.907. The second-order valence-electron chi connectivity index (χ2n) is 2.94. The van der Waals surface area contributed by atoms with Gasteiger partial charge in [-0.05, 0) is 16.9 Å². The highest BCUT2D eigenvalue weighted by molar-refractivity contribution is 14.1. The van der Waals surface area contributed by atoms with Gasteiger partial charge in [0, 0.05) is 14.8 Å². The molecule has 0 aliphatic carbocycles. The van der Waals surface area contributed by atoms with Crippen LogP contribution in [0.15, 0.2) is 0 Å². The van der Waals surface area contributed by atoms with E-state index < -0.39 is 0 Å². The molecule has 2 N–H and O–H groups in total. The third kappa shape index (κ3) is 2.55. The summed E-state index contributed by atoms with van der Waals surface area (Å²) in [6.45, 7) is 0. The molecule has 0 amide bonds. The lowest BCUT2D eigenvalue weighted by atomic mass is 10.2. The summed E-state index contributed by atoms with van der Waals surface area (Å²) in [4.78, 5) is 0. The molecule has 0 bridgehead atoms. The zero-order valence-corrected chi connectivity index (χ0v) is 8.96. The number of halogens is 1. The zero-order chi connectivity index (χ0) is 6.69. The molecule has 0 atom stereocenters. The van der Waals surface area contributed by atoms with Gasteiger partial charge in [0.15, 0.2) is 0 Å². The molecule has 1 aliphatic heterocycles. The molecule has 1 aliphatic rings. The van der Waals surface area contributed by atoms with Crippen molar-refractivity contribution >= 4 is 31.4 Å². The van der Waals surface area contributed by atoms with Gasteiger partial charge in [0.1, 0.15) is 0 Å². The summed E-state index contributed by atoms with van der Waals surface area (Å²) in [7, 11) is -0.237. The lowest BCUT2D eigenvalue weighted by Crippen LogP contribution is -2.31. The van der Waals surface area contributed by atoms with Crippen LogP contribution < -0.4 is 5.73 Å². The number of rotatable bonds is 1. The normalized spacial score (nSPS) is 36.7. The summed E-state index contributed by atoms with van der Waals surface area (Å²) in [5.41, 5.74) is 5.77. The van der Waals surface area contributed by atoms with Gasteiger partial charge in [0.25, 0.3) is 0 Å². The quantitative estimate of drug-likeness (QED) is 0.427. The number of hydrogen-bond acceptors (Lipinski definition) is 1. The van der Waals surface area contributed by atoms with Crippen LogP contribution in [0, 0.1) is 0 Å². The second-order valence-corrected chi connectivity index (χ2v) is 8.77. The largest absolute Gasteiger partial charge is 0.328 e. The molecule has 3 heteroatoms. The van der Waals surface area contributed by atoms with E-state index in [1.54, 1.807) is 0 Å². The molecule has 0 aromatic carbocycles. The van der Waals surface area contributed by atoms with Crippen LogP contribution in [0.5, 0.6) is 0 Å². The Morgan fingerprint density at radius 3 is 2.44 bits per heavy atom. The molecule has 1 fully saturated rings. The molecule has 0 unspecified atom stereocenters. The summed E-state index contributed by atoms with van der Waals surface area (Å²) in [5.74, 6) is 0. The lowest BCUT2D eigenvalue weighted by Gasteiger charge is -2.22. The van der Waals surface area contributed by atoms with Crippen molar-refractivity contribution in [2.24, 2.45) is 5.73 Å². The van der Waals surface area contributed by atoms with Crippen LogP contribution in [-0.2, 0) is 0 Å². The molecule has 1 rings (SSSR count). The molecule has 0 radical (unpaired) electrons. The van der Waals surface area contributed by atoms with Crippen molar-refractivity contribution in [1.29, 1.82) is 0 Å². The predicted molar refractivity (Wildman–Crippen MR) is 52.9 cm³/mol. The smallest absolute Gasteiger partial charge is 0.0478 e. The van der Waals surface area contributed by atoms with Gasteiger partial charge in [-0.2, -0.15) is 0 Å². The molecule has 0 spiro atoms. The van der Waals surface area contributed by atoms with E-state index in [0.29, 0.717) is 6.04 Å². The standard InChI is InChI=1S/C6H14INSi/c7-5-9-3-1-6(8)2-4-9/h6,9H,1-5,8H2. The maximum absolute atomic E-state index is 5.77. The van der Waals surface area contributed by atoms with Crippen LogP contribution in [0.3, 0.4) is 0 Å². The molecule has 1 saturated heterocycles. The van der Waals surface area contributed by atoms with E-state index in [1.165, 1.54) is 29.0 Å². The van der Waals surface area contributed by atoms with Crippen molar-refractivity contribution in [1.82, 2.24) is 0 Å². The molecule has 1 heterocycles. The predicted octanol–water partition coefficient (Wildman–Crippen LogP) is 1.31. The van der Waals surface area contributed by atoms with Crippen molar-refractivity contribution < 1.29 is 0 Å². The van der Waals surface area contributed by atoms with E-state index in [4.69, 9.17) is 5.73 Å². The fraction of sp³-hybridized carbons (Fsp3) is 1.00. The minimum absolute atomic E-state index is 0.237. The average molecular weight is 255 g/mol. The molecular weight excluding hydrogens is 241 g/mol. The summed E-state index contributed by atoms with van der Waals surface area (Å²) >= 11 is 2.53. The van der Waals surface area contributed by atoms with Crippen LogP contribution in [0.2, 0.25) is 12.1 Å². The molecular formula is C6H14INSi. The number of nitrogens with two attached hydrogens (primary N) is 1. The first-order valence-electron chi connectivity index (χ1n) is 3.64. The van der Waals surface area contributed by atoms with Crippen LogP contribution in [0.25, 0.3) is 0 Å². The van der Waals surface area contributed by atoms with E-state index in [1.807, 2.05) is 0 Å². The Kier molecular flexibility index (Phi) is 3.49. The maximum atomic E-state index is 5.77. The number of hydrogen-bond donors (Lipinski definition) is 1. The fourth-order valence-corrected chi connectivity index (χ4v) is 6.38. The van der Waals surface area contributed by atoms with Gasteiger partial charge >= 0.3 is 0 Å². The highest BCUT2D eigenvalue weighted by Gasteiger charge is 2.17. The summed E-state index contributed by atoms with van der Waals surface area (Å²) in [5, 5.41) is 0. The highest BCUT2D eigenvalue weighted by Crippen LogP contribution is 2.18. The summed E-state index contributed by atoms with van der Waals surface area (Å²) in [6.07, 6.45) is 2.64. The molecule has 1 nitrogen and oxygen atoms in total. The lowest BCUT2D eigenvalue weighted by molar-refractivity contribution is 0.599. The highest BCUT2D eigenvalue weighted by atomic mass is 127. The van der Waals surface area contributed by atoms with E-state index in [-0.39, 0.29) is 8.80 Å². The maximum Gasteiger partial charge on any atom is 0.0478 e. The Balaban J connectivity index is 2.18. The molecule has 9 heavy (non-hydrogen) atoms. The Morgan fingerprint density at radius 2 is 2.00 bits per heavy atom. The van der Waals surface area contributed by atoms with Crippen molar-refractivity contribution in [3.63, 3.8) is 0 Å². The molecule has 54 valence electrons. The van der Waals surface area contributed by atoms with Crippen molar-refractivity contribution in [2.75, 3.05) is 4.05 Å². The van der Waals surface area contributed by atoms with Gasteiger partial charge in [0.2, 0.25) is 0 Å². The van der Waals surface area contributed by atoms with E-state index in [2.05, 4.69) is 22.6 Å². The van der Waals surface area contributed by atoms with Gasteiger partial charge in [-0.15, -0.1) is 0 Å². The minimum Gasteiger partial charge on any atom is -0.328 e. The van der Waals surface area contributed by atoms with Crippen LogP contribution >= 0.6 is 22.6 Å². The SMILES string of the molecule is NC1CC[SiH](CI)CC1. The van der Waals surface area contributed by atoms with Crippen LogP contribution in [0.1, 0.15) is 12.8 Å². The van der Waals surface area contributed by atoms with Crippen molar-refractivity contribution in [3.05, 3.63) is 0 Å². The first kappa shape index (κ1) is 8.01. The Labute approximate surface area is 72.1 Å². The summed E-state index contributed by atoms with van der Waals surface area (Å²) < 4.78 is 1.46. The third-order valence-corrected chi connectivity index (χ3v) is 8.58. The van der Waals surface area contributed by atoms with E-state index in [0.717, 1.165) is 0 Å². The van der Waals surface area contributed by atoms with Crippen LogP contribution in [-0.4, -0.2) is 18.9 Å².